The van der Waals surface area contributed by atoms with E-state index in [1.807, 2.05) is 66.7 Å². The van der Waals surface area contributed by atoms with Crippen LogP contribution >= 0.6 is 0 Å². The fraction of sp³-hybridized carbons (Fsp3) is 0.0968. The standard InChI is InChI=1S/C31H25NO5S/c1-37-31(34)27-12-6-7-21(17-27)18-29(26-14-13-22-8-2-4-10-24(22)19-26)30(33)32-38(35,36)28-16-15-23-9-3-5-11-25(23)20-28/h2-17,19-20,29H,18H2,1H3,(H,32,33). The summed E-state index contributed by atoms with van der Waals surface area (Å²) in [5, 5.41) is 3.60. The number of amides is 1. The lowest BCUT2D eigenvalue weighted by atomic mass is 9.89. The highest BCUT2D eigenvalue weighted by atomic mass is 32.2. The number of carbonyl (C=O) groups is 2. The first kappa shape index (κ1) is 25.2. The average molecular weight is 524 g/mol. The number of ether oxygens (including phenoxy) is 1. The molecule has 1 amide bonds. The van der Waals surface area contributed by atoms with Crippen LogP contribution in [0.2, 0.25) is 0 Å². The van der Waals surface area contributed by atoms with Gasteiger partial charge in [-0.3, -0.25) is 4.79 Å². The Labute approximate surface area is 220 Å². The summed E-state index contributed by atoms with van der Waals surface area (Å²) in [6, 6.07) is 32.4. The zero-order valence-electron chi connectivity index (χ0n) is 20.6. The van der Waals surface area contributed by atoms with Crippen molar-refractivity contribution in [3.8, 4) is 0 Å². The Morgan fingerprint density at radius 2 is 1.37 bits per heavy atom. The molecule has 0 fully saturated rings. The summed E-state index contributed by atoms with van der Waals surface area (Å²) in [6.07, 6.45) is 0.183. The van der Waals surface area contributed by atoms with Gasteiger partial charge in [-0.05, 0) is 63.4 Å². The van der Waals surface area contributed by atoms with E-state index in [0.29, 0.717) is 16.7 Å². The summed E-state index contributed by atoms with van der Waals surface area (Å²) in [4.78, 5) is 25.7. The Balaban J connectivity index is 1.51. The van der Waals surface area contributed by atoms with E-state index >= 15 is 0 Å². The fourth-order valence-electron chi connectivity index (χ4n) is 4.56. The second kappa shape index (κ2) is 10.5. The van der Waals surface area contributed by atoms with Gasteiger partial charge in [-0.2, -0.15) is 0 Å². The largest absolute Gasteiger partial charge is 0.465 e. The number of esters is 1. The normalized spacial score (nSPS) is 12.2. The maximum Gasteiger partial charge on any atom is 0.337 e. The topological polar surface area (TPSA) is 89.5 Å². The number of hydrogen-bond donors (Lipinski definition) is 1. The third-order valence-electron chi connectivity index (χ3n) is 6.55. The smallest absolute Gasteiger partial charge is 0.337 e. The van der Waals surface area contributed by atoms with Crippen molar-refractivity contribution in [3.05, 3.63) is 126 Å². The third kappa shape index (κ3) is 5.28. The van der Waals surface area contributed by atoms with Crippen molar-refractivity contribution in [1.82, 2.24) is 4.72 Å². The highest BCUT2D eigenvalue weighted by Crippen LogP contribution is 2.27. The van der Waals surface area contributed by atoms with Crippen LogP contribution < -0.4 is 4.72 Å². The van der Waals surface area contributed by atoms with Crippen molar-refractivity contribution in [2.24, 2.45) is 0 Å². The van der Waals surface area contributed by atoms with Gasteiger partial charge >= 0.3 is 5.97 Å². The number of sulfonamides is 1. The molecule has 0 aliphatic heterocycles. The molecule has 1 unspecified atom stereocenters. The van der Waals surface area contributed by atoms with Gasteiger partial charge in [0, 0.05) is 0 Å². The lowest BCUT2D eigenvalue weighted by Crippen LogP contribution is -2.35. The van der Waals surface area contributed by atoms with Crippen LogP contribution in [0.3, 0.4) is 0 Å². The Bertz CT molecular complexity index is 1780. The van der Waals surface area contributed by atoms with Crippen molar-refractivity contribution in [1.29, 1.82) is 0 Å². The van der Waals surface area contributed by atoms with Crippen LogP contribution in [0.5, 0.6) is 0 Å². The molecular weight excluding hydrogens is 498 g/mol. The van der Waals surface area contributed by atoms with Crippen LogP contribution in [0.1, 0.15) is 27.4 Å². The number of benzene rings is 5. The van der Waals surface area contributed by atoms with Gasteiger partial charge in [-0.1, -0.05) is 84.9 Å². The molecule has 5 rings (SSSR count). The quantitative estimate of drug-likeness (QED) is 0.280. The summed E-state index contributed by atoms with van der Waals surface area (Å²) < 4.78 is 33.7. The molecule has 0 aliphatic carbocycles. The van der Waals surface area contributed by atoms with Crippen molar-refractivity contribution in [3.63, 3.8) is 0 Å². The molecule has 0 saturated carbocycles. The minimum absolute atomic E-state index is 0.00880. The molecule has 0 aliphatic rings. The molecule has 7 heteroatoms. The number of carbonyl (C=O) groups excluding carboxylic acids is 2. The van der Waals surface area contributed by atoms with Gasteiger partial charge in [0.2, 0.25) is 5.91 Å². The molecule has 5 aromatic carbocycles. The van der Waals surface area contributed by atoms with Crippen LogP contribution in [-0.2, 0) is 26.0 Å². The summed E-state index contributed by atoms with van der Waals surface area (Å²) in [6.45, 7) is 0. The summed E-state index contributed by atoms with van der Waals surface area (Å²) in [7, 11) is -2.83. The molecule has 0 aromatic heterocycles. The van der Waals surface area contributed by atoms with Gasteiger partial charge in [-0.25, -0.2) is 17.9 Å². The molecule has 1 atom stereocenters. The van der Waals surface area contributed by atoms with Crippen molar-refractivity contribution in [2.45, 2.75) is 17.2 Å². The van der Waals surface area contributed by atoms with Crippen LogP contribution in [-0.4, -0.2) is 27.4 Å². The number of methoxy groups -OCH3 is 1. The lowest BCUT2D eigenvalue weighted by Gasteiger charge is -2.19. The van der Waals surface area contributed by atoms with E-state index in [4.69, 9.17) is 4.74 Å². The second-order valence-electron chi connectivity index (χ2n) is 9.03. The highest BCUT2D eigenvalue weighted by molar-refractivity contribution is 7.90. The molecule has 1 N–H and O–H groups in total. The molecule has 190 valence electrons. The predicted molar refractivity (Wildman–Crippen MR) is 147 cm³/mol. The lowest BCUT2D eigenvalue weighted by molar-refractivity contribution is -0.120. The third-order valence-corrected chi connectivity index (χ3v) is 7.89. The first-order valence-corrected chi connectivity index (χ1v) is 13.5. The average Bonchev–Trinajstić information content (AvgIpc) is 2.94. The van der Waals surface area contributed by atoms with E-state index in [2.05, 4.69) is 4.72 Å². The van der Waals surface area contributed by atoms with E-state index in [0.717, 1.165) is 21.5 Å². The number of fused-ring (bicyclic) bond motifs is 2. The van der Waals surface area contributed by atoms with Gasteiger partial charge in [-0.15, -0.1) is 0 Å². The van der Waals surface area contributed by atoms with E-state index in [9.17, 15) is 18.0 Å². The number of nitrogens with one attached hydrogen (secondary N) is 1. The summed E-state index contributed by atoms with van der Waals surface area (Å²) in [5.74, 6) is -1.97. The van der Waals surface area contributed by atoms with Gasteiger partial charge in [0.1, 0.15) is 0 Å². The van der Waals surface area contributed by atoms with E-state index in [-0.39, 0.29) is 11.3 Å². The second-order valence-corrected chi connectivity index (χ2v) is 10.7. The first-order chi connectivity index (χ1) is 18.3. The Morgan fingerprint density at radius 1 is 0.737 bits per heavy atom. The SMILES string of the molecule is COC(=O)c1cccc(CC(C(=O)NS(=O)(=O)c2ccc3ccccc3c2)c2ccc3ccccc3c2)c1. The molecule has 0 radical (unpaired) electrons. The molecule has 0 heterocycles. The van der Waals surface area contributed by atoms with E-state index in [1.54, 1.807) is 36.4 Å². The maximum absolute atomic E-state index is 13.6. The van der Waals surface area contributed by atoms with Crippen molar-refractivity contribution < 1.29 is 22.7 Å². The van der Waals surface area contributed by atoms with Crippen molar-refractivity contribution in [2.75, 3.05) is 7.11 Å². The van der Waals surface area contributed by atoms with Crippen LogP contribution in [0.4, 0.5) is 0 Å². The van der Waals surface area contributed by atoms with Gasteiger partial charge in [0.15, 0.2) is 0 Å². The highest BCUT2D eigenvalue weighted by Gasteiger charge is 2.27. The zero-order chi connectivity index (χ0) is 26.7. The van der Waals surface area contributed by atoms with E-state index in [1.165, 1.54) is 13.2 Å². The fourth-order valence-corrected chi connectivity index (χ4v) is 5.62. The van der Waals surface area contributed by atoms with Crippen molar-refractivity contribution >= 4 is 43.4 Å². The molecule has 38 heavy (non-hydrogen) atoms. The predicted octanol–water partition coefficient (Wildman–Crippen LogP) is 5.61. The van der Waals surface area contributed by atoms with Gasteiger partial charge in [0.05, 0.1) is 23.5 Å². The van der Waals surface area contributed by atoms with Gasteiger partial charge in [0.25, 0.3) is 10.0 Å². The molecular formula is C31H25NO5S. The van der Waals surface area contributed by atoms with Crippen LogP contribution in [0.25, 0.3) is 21.5 Å². The monoisotopic (exact) mass is 523 g/mol. The summed E-state index contributed by atoms with van der Waals surface area (Å²) >= 11 is 0. The number of hydrogen-bond acceptors (Lipinski definition) is 5. The van der Waals surface area contributed by atoms with Crippen LogP contribution in [0, 0.1) is 0 Å². The zero-order valence-corrected chi connectivity index (χ0v) is 21.4. The minimum atomic E-state index is -4.14. The molecule has 0 saturated heterocycles. The number of rotatable bonds is 7. The molecule has 5 aromatic rings. The minimum Gasteiger partial charge on any atom is -0.465 e. The first-order valence-electron chi connectivity index (χ1n) is 12.1. The molecule has 6 nitrogen and oxygen atoms in total. The Hall–Kier alpha value is -4.49. The Morgan fingerprint density at radius 3 is 2.05 bits per heavy atom. The maximum atomic E-state index is 13.6. The molecule has 0 spiro atoms. The molecule has 0 bridgehead atoms. The van der Waals surface area contributed by atoms with Gasteiger partial charge < -0.3 is 4.74 Å². The van der Waals surface area contributed by atoms with Crippen LogP contribution in [0.15, 0.2) is 114 Å². The van der Waals surface area contributed by atoms with E-state index < -0.39 is 27.8 Å². The Kier molecular flexibility index (Phi) is 6.94. The summed E-state index contributed by atoms with van der Waals surface area (Å²) in [5.41, 5.74) is 1.72.